The van der Waals surface area contributed by atoms with Crippen LogP contribution >= 0.6 is 11.6 Å². The number of amides is 1. The molecule has 2 aromatic rings. The maximum atomic E-state index is 14.1. The number of anilines is 1. The van der Waals surface area contributed by atoms with Crippen LogP contribution < -0.4 is 15.8 Å². The largest absolute Gasteiger partial charge is 0.483 e. The highest BCUT2D eigenvalue weighted by Gasteiger charge is 2.17. The van der Waals surface area contributed by atoms with Crippen molar-refractivity contribution >= 4 is 23.2 Å². The van der Waals surface area contributed by atoms with E-state index in [9.17, 15) is 13.6 Å². The molecular formula is C19H19ClF2N2O3. The number of hydrogen-bond acceptors (Lipinski definition) is 4. The van der Waals surface area contributed by atoms with Gasteiger partial charge in [0.05, 0.1) is 17.3 Å². The number of ether oxygens (including phenoxy) is 2. The van der Waals surface area contributed by atoms with E-state index < -0.39 is 23.3 Å². The lowest BCUT2D eigenvalue weighted by Gasteiger charge is -2.12. The fraction of sp³-hybridized carbons (Fsp3) is 0.211. The van der Waals surface area contributed by atoms with Crippen LogP contribution in [0.25, 0.3) is 0 Å². The molecule has 0 aromatic heterocycles. The van der Waals surface area contributed by atoms with Crippen LogP contribution in [-0.2, 0) is 11.3 Å². The number of carbonyl (C=O) groups excluding carboxylic acids is 1. The number of rotatable bonds is 8. The van der Waals surface area contributed by atoms with E-state index in [0.717, 1.165) is 17.7 Å². The molecule has 0 radical (unpaired) electrons. The molecule has 0 saturated carbocycles. The smallest absolute Gasteiger partial charge is 0.255 e. The zero-order chi connectivity index (χ0) is 20.0. The molecule has 1 amide bonds. The van der Waals surface area contributed by atoms with Crippen LogP contribution in [0.3, 0.4) is 0 Å². The normalized spacial score (nSPS) is 10.6. The van der Waals surface area contributed by atoms with E-state index >= 15 is 0 Å². The molecule has 3 N–H and O–H groups in total. The van der Waals surface area contributed by atoms with Gasteiger partial charge in [0.1, 0.15) is 6.61 Å². The second-order valence-corrected chi connectivity index (χ2v) is 6.12. The predicted octanol–water partition coefficient (Wildman–Crippen LogP) is 3.91. The average Bonchev–Trinajstić information content (AvgIpc) is 2.63. The minimum absolute atomic E-state index is 0.126. The molecule has 2 aromatic carbocycles. The van der Waals surface area contributed by atoms with Gasteiger partial charge in [0.15, 0.2) is 17.4 Å². The molecular weight excluding hydrogens is 378 g/mol. The van der Waals surface area contributed by atoms with Crippen molar-refractivity contribution in [3.63, 3.8) is 0 Å². The first kappa shape index (κ1) is 20.8. The van der Waals surface area contributed by atoms with E-state index in [2.05, 4.69) is 11.9 Å². The van der Waals surface area contributed by atoms with Gasteiger partial charge in [-0.3, -0.25) is 4.79 Å². The number of nitrogens with one attached hydrogen (secondary N) is 1. The summed E-state index contributed by atoms with van der Waals surface area (Å²) in [5, 5.41) is 2.79. The minimum atomic E-state index is -1.01. The summed E-state index contributed by atoms with van der Waals surface area (Å²) < 4.78 is 38.3. The van der Waals surface area contributed by atoms with E-state index in [0.29, 0.717) is 17.9 Å². The lowest BCUT2D eigenvalue weighted by atomic mass is 10.1. The average molecular weight is 397 g/mol. The Morgan fingerprint density at radius 3 is 2.48 bits per heavy atom. The lowest BCUT2D eigenvalue weighted by Crippen LogP contribution is -2.15. The Hall–Kier alpha value is -2.48. The van der Waals surface area contributed by atoms with E-state index in [4.69, 9.17) is 26.8 Å². The highest BCUT2D eigenvalue weighted by atomic mass is 35.5. The number of halogens is 3. The van der Waals surface area contributed by atoms with E-state index in [-0.39, 0.29) is 23.7 Å². The van der Waals surface area contributed by atoms with Crippen molar-refractivity contribution in [2.75, 3.05) is 25.6 Å². The number of nitrogens with two attached hydrogens (primary N) is 1. The molecule has 0 unspecified atom stereocenters. The van der Waals surface area contributed by atoms with Gasteiger partial charge in [-0.15, -0.1) is 0 Å². The Labute approximate surface area is 160 Å². The van der Waals surface area contributed by atoms with E-state index in [1.165, 1.54) is 0 Å². The van der Waals surface area contributed by atoms with Crippen LogP contribution in [0.1, 0.15) is 15.9 Å². The Morgan fingerprint density at radius 1 is 1.26 bits per heavy atom. The van der Waals surface area contributed by atoms with Gasteiger partial charge in [-0.25, -0.2) is 8.78 Å². The van der Waals surface area contributed by atoms with Gasteiger partial charge in [-0.2, -0.15) is 0 Å². The van der Waals surface area contributed by atoms with E-state index in [1.807, 2.05) is 0 Å². The zero-order valence-corrected chi connectivity index (χ0v) is 15.4. The molecule has 2 rings (SSSR count). The maximum absolute atomic E-state index is 14.1. The SMILES string of the molecule is C=C(CN)COc1c(F)cc(C(=O)Nc2ccc(COC)cc2Cl)cc1F. The molecule has 5 nitrogen and oxygen atoms in total. The topological polar surface area (TPSA) is 73.6 Å². The molecule has 8 heteroatoms. The van der Waals surface area contributed by atoms with Gasteiger partial charge >= 0.3 is 0 Å². The summed E-state index contributed by atoms with van der Waals surface area (Å²) in [6.45, 7) is 3.96. The molecule has 0 bridgehead atoms. The first-order valence-electron chi connectivity index (χ1n) is 7.93. The van der Waals surface area contributed by atoms with Crippen LogP contribution in [0.15, 0.2) is 42.5 Å². The molecule has 0 atom stereocenters. The van der Waals surface area contributed by atoms with Gasteiger partial charge in [-0.05, 0) is 35.4 Å². The van der Waals surface area contributed by atoms with Crippen molar-refractivity contribution in [3.05, 3.63) is 70.3 Å². The number of carbonyl (C=O) groups is 1. The number of hydrogen-bond donors (Lipinski definition) is 2. The molecule has 0 aliphatic carbocycles. The Morgan fingerprint density at radius 2 is 1.93 bits per heavy atom. The van der Waals surface area contributed by atoms with Crippen molar-refractivity contribution in [1.82, 2.24) is 0 Å². The predicted molar refractivity (Wildman–Crippen MR) is 100 cm³/mol. The first-order chi connectivity index (χ1) is 12.8. The summed E-state index contributed by atoms with van der Waals surface area (Å²) in [7, 11) is 1.55. The van der Waals surface area contributed by atoms with Crippen LogP contribution in [-0.4, -0.2) is 26.2 Å². The Balaban J connectivity index is 2.16. The van der Waals surface area contributed by atoms with E-state index in [1.54, 1.807) is 25.3 Å². The van der Waals surface area contributed by atoms with Crippen molar-refractivity contribution in [2.45, 2.75) is 6.61 Å². The number of methoxy groups -OCH3 is 1. The highest BCUT2D eigenvalue weighted by Crippen LogP contribution is 2.26. The number of benzene rings is 2. The highest BCUT2D eigenvalue weighted by molar-refractivity contribution is 6.34. The fourth-order valence-corrected chi connectivity index (χ4v) is 2.42. The molecule has 0 aliphatic rings. The molecule has 0 spiro atoms. The monoisotopic (exact) mass is 396 g/mol. The van der Waals surface area contributed by atoms with Crippen LogP contribution in [0.2, 0.25) is 5.02 Å². The van der Waals surface area contributed by atoms with Crippen LogP contribution in [0.4, 0.5) is 14.5 Å². The standard InChI is InChI=1S/C19H19ClF2N2O3/c1-11(8-23)9-27-18-15(21)6-13(7-16(18)22)19(25)24-17-4-3-12(10-26-2)5-14(17)20/h3-7H,1,8-10,23H2,2H3,(H,24,25). The molecule has 144 valence electrons. The molecule has 0 heterocycles. The second kappa shape index (κ2) is 9.45. The summed E-state index contributed by atoms with van der Waals surface area (Å²) in [6, 6.07) is 6.69. The lowest BCUT2D eigenvalue weighted by molar-refractivity contribution is 0.102. The Bertz CT molecular complexity index is 836. The van der Waals surface area contributed by atoms with Crippen molar-refractivity contribution in [1.29, 1.82) is 0 Å². The van der Waals surface area contributed by atoms with Gasteiger partial charge in [0.25, 0.3) is 5.91 Å². The second-order valence-electron chi connectivity index (χ2n) is 5.71. The molecule has 27 heavy (non-hydrogen) atoms. The summed E-state index contributed by atoms with van der Waals surface area (Å²) >= 11 is 6.11. The third-order valence-corrected chi connectivity index (χ3v) is 3.88. The van der Waals surface area contributed by atoms with Crippen LogP contribution in [0.5, 0.6) is 5.75 Å². The van der Waals surface area contributed by atoms with Crippen molar-refractivity contribution in [3.8, 4) is 5.75 Å². The molecule has 0 saturated heterocycles. The fourth-order valence-electron chi connectivity index (χ4n) is 2.17. The summed E-state index contributed by atoms with van der Waals surface area (Å²) in [5.41, 5.74) is 6.73. The minimum Gasteiger partial charge on any atom is -0.483 e. The quantitative estimate of drug-likeness (QED) is 0.663. The van der Waals surface area contributed by atoms with Gasteiger partial charge in [-0.1, -0.05) is 24.2 Å². The van der Waals surface area contributed by atoms with Crippen molar-refractivity contribution < 1.29 is 23.0 Å². The summed E-state index contributed by atoms with van der Waals surface area (Å²) in [6.07, 6.45) is 0. The maximum Gasteiger partial charge on any atom is 0.255 e. The van der Waals surface area contributed by atoms with Crippen LogP contribution in [0, 0.1) is 11.6 Å². The van der Waals surface area contributed by atoms with Gasteiger partial charge in [0.2, 0.25) is 0 Å². The molecule has 0 fully saturated rings. The third-order valence-electron chi connectivity index (χ3n) is 3.56. The summed E-state index contributed by atoms with van der Waals surface area (Å²) in [5.74, 6) is -3.33. The van der Waals surface area contributed by atoms with Gasteiger partial charge < -0.3 is 20.5 Å². The summed E-state index contributed by atoms with van der Waals surface area (Å²) in [4.78, 5) is 12.3. The van der Waals surface area contributed by atoms with Gasteiger partial charge in [0, 0.05) is 19.2 Å². The van der Waals surface area contributed by atoms with Crippen molar-refractivity contribution in [2.24, 2.45) is 5.73 Å². The first-order valence-corrected chi connectivity index (χ1v) is 8.30. The zero-order valence-electron chi connectivity index (χ0n) is 14.7. The molecule has 0 aliphatic heterocycles. The third kappa shape index (κ3) is 5.50. The Kier molecular flexibility index (Phi) is 7.29.